The lowest BCUT2D eigenvalue weighted by atomic mass is 10.3. The summed E-state index contributed by atoms with van der Waals surface area (Å²) in [6.45, 7) is 0. The first-order valence-corrected chi connectivity index (χ1v) is 6.96. The SMILES string of the molecule is CS(=O)(=O)CCCC(=O)Nc1nccc(=O)[nH]1. The van der Waals surface area contributed by atoms with Crippen molar-refractivity contribution in [1.82, 2.24) is 9.97 Å². The zero-order valence-electron chi connectivity index (χ0n) is 9.26. The Labute approximate surface area is 98.2 Å². The van der Waals surface area contributed by atoms with Gasteiger partial charge in [-0.05, 0) is 6.42 Å². The van der Waals surface area contributed by atoms with Crippen LogP contribution in [0, 0.1) is 0 Å². The third kappa shape index (κ3) is 5.81. The van der Waals surface area contributed by atoms with Crippen LogP contribution in [0.15, 0.2) is 17.1 Å². The number of aromatic nitrogens is 2. The standard InChI is InChI=1S/C9H13N3O4S/c1-17(15,16)6-2-3-7(13)11-9-10-5-4-8(14)12-9/h4-5H,2-3,6H2,1H3,(H2,10,11,12,13,14). The Kier molecular flexibility index (Phi) is 4.38. The lowest BCUT2D eigenvalue weighted by Crippen LogP contribution is -2.18. The van der Waals surface area contributed by atoms with E-state index in [0.717, 1.165) is 6.26 Å². The van der Waals surface area contributed by atoms with Crippen molar-refractivity contribution in [3.63, 3.8) is 0 Å². The van der Waals surface area contributed by atoms with Crippen LogP contribution in [0.4, 0.5) is 5.95 Å². The number of aromatic amines is 1. The molecule has 94 valence electrons. The fourth-order valence-corrected chi connectivity index (χ4v) is 1.79. The summed E-state index contributed by atoms with van der Waals surface area (Å²) in [4.78, 5) is 28.3. The van der Waals surface area contributed by atoms with E-state index in [1.807, 2.05) is 0 Å². The molecule has 8 heteroatoms. The van der Waals surface area contributed by atoms with Crippen LogP contribution in [0.3, 0.4) is 0 Å². The van der Waals surface area contributed by atoms with Gasteiger partial charge in [0.05, 0.1) is 5.75 Å². The van der Waals surface area contributed by atoms with E-state index in [-0.39, 0.29) is 36.0 Å². The number of sulfone groups is 1. The Morgan fingerprint density at radius 1 is 1.53 bits per heavy atom. The highest BCUT2D eigenvalue weighted by Crippen LogP contribution is 1.98. The van der Waals surface area contributed by atoms with E-state index in [9.17, 15) is 18.0 Å². The summed E-state index contributed by atoms with van der Waals surface area (Å²) in [6, 6.07) is 1.22. The molecule has 0 aliphatic heterocycles. The molecule has 1 aromatic heterocycles. The fraction of sp³-hybridized carbons (Fsp3) is 0.444. The largest absolute Gasteiger partial charge is 0.296 e. The minimum Gasteiger partial charge on any atom is -0.296 e. The molecule has 0 bridgehead atoms. The van der Waals surface area contributed by atoms with Crippen molar-refractivity contribution < 1.29 is 13.2 Å². The number of hydrogen-bond acceptors (Lipinski definition) is 5. The monoisotopic (exact) mass is 259 g/mol. The van der Waals surface area contributed by atoms with Crippen molar-refractivity contribution in [2.75, 3.05) is 17.3 Å². The van der Waals surface area contributed by atoms with Crippen molar-refractivity contribution in [2.24, 2.45) is 0 Å². The second-order valence-corrected chi connectivity index (χ2v) is 5.82. The second-order valence-electron chi connectivity index (χ2n) is 3.56. The first kappa shape index (κ1) is 13.4. The molecule has 7 nitrogen and oxygen atoms in total. The molecular weight excluding hydrogens is 246 g/mol. The average molecular weight is 259 g/mol. The molecule has 0 aliphatic carbocycles. The molecule has 0 radical (unpaired) electrons. The average Bonchev–Trinajstić information content (AvgIpc) is 2.15. The highest BCUT2D eigenvalue weighted by molar-refractivity contribution is 7.90. The molecule has 1 amide bonds. The summed E-state index contributed by atoms with van der Waals surface area (Å²) < 4.78 is 21.6. The van der Waals surface area contributed by atoms with Crippen LogP contribution in [0.5, 0.6) is 0 Å². The van der Waals surface area contributed by atoms with E-state index < -0.39 is 9.84 Å². The van der Waals surface area contributed by atoms with Gasteiger partial charge in [-0.3, -0.25) is 19.9 Å². The molecule has 2 N–H and O–H groups in total. The number of rotatable bonds is 5. The van der Waals surface area contributed by atoms with Crippen molar-refractivity contribution >= 4 is 21.7 Å². The predicted octanol–water partition coefficient (Wildman–Crippen LogP) is -0.467. The molecule has 0 aromatic carbocycles. The third-order valence-corrected chi connectivity index (χ3v) is 2.88. The minimum absolute atomic E-state index is 0.0425. The van der Waals surface area contributed by atoms with E-state index >= 15 is 0 Å². The number of amides is 1. The van der Waals surface area contributed by atoms with Gasteiger partial charge in [-0.25, -0.2) is 13.4 Å². The summed E-state index contributed by atoms with van der Waals surface area (Å²) >= 11 is 0. The Hall–Kier alpha value is -1.70. The van der Waals surface area contributed by atoms with Crippen LogP contribution < -0.4 is 10.9 Å². The summed E-state index contributed by atoms with van der Waals surface area (Å²) in [7, 11) is -3.05. The van der Waals surface area contributed by atoms with Gasteiger partial charge in [-0.1, -0.05) is 0 Å². The molecule has 1 rings (SSSR count). The summed E-state index contributed by atoms with van der Waals surface area (Å²) in [5, 5.41) is 2.37. The lowest BCUT2D eigenvalue weighted by molar-refractivity contribution is -0.116. The number of nitrogens with one attached hydrogen (secondary N) is 2. The number of carbonyl (C=O) groups excluding carboxylic acids is 1. The Balaban J connectivity index is 2.43. The van der Waals surface area contributed by atoms with Gasteiger partial charge in [-0.15, -0.1) is 0 Å². The molecule has 1 aromatic rings. The first-order valence-electron chi connectivity index (χ1n) is 4.90. The Bertz CT molecular complexity index is 549. The van der Waals surface area contributed by atoms with Crippen molar-refractivity contribution in [3.8, 4) is 0 Å². The van der Waals surface area contributed by atoms with Gasteiger partial charge in [0.2, 0.25) is 11.9 Å². The highest BCUT2D eigenvalue weighted by atomic mass is 32.2. The van der Waals surface area contributed by atoms with Gasteiger partial charge in [0.1, 0.15) is 9.84 Å². The van der Waals surface area contributed by atoms with Crippen LogP contribution >= 0.6 is 0 Å². The minimum atomic E-state index is -3.05. The maximum absolute atomic E-state index is 11.3. The van der Waals surface area contributed by atoms with Gasteiger partial charge in [-0.2, -0.15) is 0 Å². The van der Waals surface area contributed by atoms with Gasteiger partial charge in [0.15, 0.2) is 0 Å². The molecule has 0 atom stereocenters. The summed E-state index contributed by atoms with van der Waals surface area (Å²) in [5.74, 6) is -0.371. The van der Waals surface area contributed by atoms with Crippen molar-refractivity contribution in [2.45, 2.75) is 12.8 Å². The van der Waals surface area contributed by atoms with E-state index in [0.29, 0.717) is 0 Å². The third-order valence-electron chi connectivity index (χ3n) is 1.85. The predicted molar refractivity (Wildman–Crippen MR) is 62.4 cm³/mol. The van der Waals surface area contributed by atoms with Gasteiger partial charge >= 0.3 is 0 Å². The molecule has 0 saturated heterocycles. The summed E-state index contributed by atoms with van der Waals surface area (Å²) in [6.07, 6.45) is 2.68. The number of hydrogen-bond donors (Lipinski definition) is 2. The topological polar surface area (TPSA) is 109 Å². The summed E-state index contributed by atoms with van der Waals surface area (Å²) in [5.41, 5.74) is -0.369. The van der Waals surface area contributed by atoms with Crippen LogP contribution in [0.2, 0.25) is 0 Å². The number of anilines is 1. The first-order chi connectivity index (χ1) is 7.87. The fourth-order valence-electron chi connectivity index (χ4n) is 1.12. The van der Waals surface area contributed by atoms with Gasteiger partial charge in [0.25, 0.3) is 5.56 Å². The van der Waals surface area contributed by atoms with Gasteiger partial charge in [0, 0.05) is 24.9 Å². The quantitative estimate of drug-likeness (QED) is 0.743. The zero-order valence-corrected chi connectivity index (χ0v) is 10.1. The van der Waals surface area contributed by atoms with Crippen molar-refractivity contribution in [1.29, 1.82) is 0 Å². The molecule has 0 aliphatic rings. The van der Waals surface area contributed by atoms with E-state index in [1.54, 1.807) is 0 Å². The van der Waals surface area contributed by atoms with Crippen LogP contribution in [-0.4, -0.2) is 36.3 Å². The zero-order chi connectivity index (χ0) is 12.9. The molecule has 1 heterocycles. The normalized spacial score (nSPS) is 11.1. The lowest BCUT2D eigenvalue weighted by Gasteiger charge is -2.02. The number of H-pyrrole nitrogens is 1. The van der Waals surface area contributed by atoms with Crippen LogP contribution in [0.25, 0.3) is 0 Å². The maximum Gasteiger partial charge on any atom is 0.252 e. The van der Waals surface area contributed by atoms with Gasteiger partial charge < -0.3 is 0 Å². The smallest absolute Gasteiger partial charge is 0.252 e. The second kappa shape index (κ2) is 5.58. The van der Waals surface area contributed by atoms with Crippen LogP contribution in [-0.2, 0) is 14.6 Å². The molecule has 0 spiro atoms. The van der Waals surface area contributed by atoms with E-state index in [2.05, 4.69) is 15.3 Å². The molecule has 17 heavy (non-hydrogen) atoms. The maximum atomic E-state index is 11.3. The van der Waals surface area contributed by atoms with E-state index in [4.69, 9.17) is 0 Å². The van der Waals surface area contributed by atoms with Crippen molar-refractivity contribution in [3.05, 3.63) is 22.6 Å². The molecule has 0 fully saturated rings. The Morgan fingerprint density at radius 2 is 2.24 bits per heavy atom. The number of carbonyl (C=O) groups is 1. The molecular formula is C9H13N3O4S. The highest BCUT2D eigenvalue weighted by Gasteiger charge is 2.07. The van der Waals surface area contributed by atoms with E-state index in [1.165, 1.54) is 12.3 Å². The molecule has 0 unspecified atom stereocenters. The number of nitrogens with zero attached hydrogens (tertiary/aromatic N) is 1. The van der Waals surface area contributed by atoms with Crippen LogP contribution in [0.1, 0.15) is 12.8 Å². The Morgan fingerprint density at radius 3 is 2.82 bits per heavy atom. The molecule has 0 saturated carbocycles.